The average molecular weight is 459 g/mol. The fraction of sp³-hybridized carbons (Fsp3) is 0. The van der Waals surface area contributed by atoms with Crippen molar-refractivity contribution in [3.05, 3.63) is 0 Å². The summed E-state index contributed by atoms with van der Waals surface area (Å²) < 4.78 is 0. The minimum absolute atomic E-state index is 0. The van der Waals surface area contributed by atoms with E-state index in [1.54, 1.807) is 0 Å². The molecule has 0 N–H and O–H groups in total. The van der Waals surface area contributed by atoms with E-state index in [4.69, 9.17) is 0 Å². The van der Waals surface area contributed by atoms with Crippen LogP contribution in [0.1, 0.15) is 0 Å². The van der Waals surface area contributed by atoms with Gasteiger partial charge in [-0.15, -0.1) is 0 Å². The Morgan fingerprint density at radius 3 is 1.33 bits per heavy atom. The summed E-state index contributed by atoms with van der Waals surface area (Å²) in [5, 5.41) is 0. The van der Waals surface area contributed by atoms with Crippen molar-refractivity contribution in [2.75, 3.05) is 0 Å². The molecule has 0 unspecified atom stereocenters. The van der Waals surface area contributed by atoms with Crippen LogP contribution in [0.3, 0.4) is 0 Å². The smallest absolute Gasteiger partial charge is 0 e. The minimum Gasteiger partial charge on any atom is 0 e. The standard InChI is InChI=1S/2Mo.2Ru.H2S2/c;;;;1-2/h;;;;1-2H/q;+1;;;/p-1. The van der Waals surface area contributed by atoms with Gasteiger partial charge in [-0.3, -0.25) is 0 Å². The summed E-state index contributed by atoms with van der Waals surface area (Å²) in [6.45, 7) is 0. The van der Waals surface area contributed by atoms with Gasteiger partial charge in [0.25, 0.3) is 0 Å². The summed E-state index contributed by atoms with van der Waals surface area (Å²) in [5.74, 6) is 0. The molecule has 0 fully saturated rings. The van der Waals surface area contributed by atoms with Gasteiger partial charge in [0.2, 0.25) is 0 Å². The van der Waals surface area contributed by atoms with Crippen molar-refractivity contribution in [1.82, 2.24) is 0 Å². The van der Waals surface area contributed by atoms with Crippen molar-refractivity contribution in [2.45, 2.75) is 0 Å². The molecule has 0 radical (unpaired) electrons. The Bertz CT molecular complexity index is 9.51. The quantitative estimate of drug-likeness (QED) is 0.321. The van der Waals surface area contributed by atoms with Crippen molar-refractivity contribution in [2.24, 2.45) is 0 Å². The number of hydrogen-bond acceptors (Lipinski definition) is 2. The molecule has 0 spiro atoms. The molecule has 0 atom stereocenters. The molecule has 0 bridgehead atoms. The van der Waals surface area contributed by atoms with Gasteiger partial charge in [0.1, 0.15) is 0 Å². The fourth-order valence-electron chi connectivity index (χ4n) is 0. The first-order valence-electron chi connectivity index (χ1n) is 0.349. The average Bonchev–Trinajstić information content (AvgIpc) is 0.918. The van der Waals surface area contributed by atoms with E-state index in [2.05, 4.69) is 11.7 Å². The monoisotopic (exact) mass is 465 g/mol. The molecular weight excluding hydrogens is 458 g/mol. The molecule has 0 aliphatic rings. The molecule has 6 heavy (non-hydrogen) atoms. The molecule has 0 rings (SSSR count). The molecule has 0 nitrogen and oxygen atoms in total. The van der Waals surface area contributed by atoms with Gasteiger partial charge in [-0.2, -0.15) is 0 Å². The second-order valence-corrected chi connectivity index (χ2v) is 3.97. The van der Waals surface area contributed by atoms with Crippen LogP contribution < -0.4 is 0 Å². The summed E-state index contributed by atoms with van der Waals surface area (Å²) in [7, 11) is 1.45. The number of hydrogen-bond donors (Lipinski definition) is 1. The predicted molar refractivity (Wildman–Crippen MR) is 16.6 cm³/mol. The van der Waals surface area contributed by atoms with Crippen molar-refractivity contribution < 1.29 is 78.6 Å². The Hall–Kier alpha value is 3.32. The molecule has 0 saturated heterocycles. The van der Waals surface area contributed by atoms with Crippen LogP contribution in [-0.2, 0) is 78.6 Å². The van der Waals surface area contributed by atoms with Gasteiger partial charge >= 0.3 is 38.7 Å². The predicted octanol–water partition coefficient (Wildman–Crippen LogP) is 1.02. The van der Waals surface area contributed by atoms with Crippen molar-refractivity contribution in [3.63, 3.8) is 0 Å². The summed E-state index contributed by atoms with van der Waals surface area (Å²) in [4.78, 5) is 0. The maximum atomic E-state index is 3.71. The van der Waals surface area contributed by atoms with E-state index in [1.165, 1.54) is 8.50 Å². The first kappa shape index (κ1) is 22.8. The Morgan fingerprint density at radius 2 is 1.33 bits per heavy atom. The van der Waals surface area contributed by atoms with E-state index >= 15 is 0 Å². The zero-order valence-electron chi connectivity index (χ0n) is 2.38. The van der Waals surface area contributed by atoms with Crippen LogP contribution in [0.15, 0.2) is 0 Å². The second-order valence-electron chi connectivity index (χ2n) is 0.0745. The summed E-state index contributed by atoms with van der Waals surface area (Å²) in [5.41, 5.74) is 0. The maximum absolute atomic E-state index is 3.71. The summed E-state index contributed by atoms with van der Waals surface area (Å²) >= 11 is 5.56. The minimum atomic E-state index is 0. The molecule has 41 valence electrons. The number of thiol groups is 1. The van der Waals surface area contributed by atoms with Crippen LogP contribution in [0.25, 0.3) is 0 Å². The molecular formula is HMo2Ru2S2. The SMILES string of the molecule is S[S][Mo].[Mo].[Ru].[Ru]. The fourth-order valence-corrected chi connectivity index (χ4v) is 0. The van der Waals surface area contributed by atoms with Gasteiger partial charge in [0, 0.05) is 60.0 Å². The largest absolute Gasteiger partial charge is 0 e. The Morgan fingerprint density at radius 1 is 1.33 bits per heavy atom. The third-order valence-electron chi connectivity index (χ3n) is 0. The summed E-state index contributed by atoms with van der Waals surface area (Å²) in [6, 6.07) is 0. The van der Waals surface area contributed by atoms with E-state index in [0.29, 0.717) is 0 Å². The molecule has 0 saturated carbocycles. The van der Waals surface area contributed by atoms with Crippen molar-refractivity contribution >= 4 is 20.2 Å². The zero-order chi connectivity index (χ0) is 2.71. The van der Waals surface area contributed by atoms with Crippen LogP contribution in [0.2, 0.25) is 0 Å². The maximum Gasteiger partial charge on any atom is 0 e. The molecule has 0 aliphatic carbocycles. The number of rotatable bonds is 0. The van der Waals surface area contributed by atoms with Gasteiger partial charge < -0.3 is 0 Å². The topological polar surface area (TPSA) is 0 Å². The van der Waals surface area contributed by atoms with Crippen LogP contribution >= 0.6 is 20.2 Å². The van der Waals surface area contributed by atoms with Crippen LogP contribution in [0.5, 0.6) is 0 Å². The normalized spacial score (nSPS) is 2.83. The van der Waals surface area contributed by atoms with Gasteiger partial charge in [-0.05, 0) is 0 Å². The van der Waals surface area contributed by atoms with E-state index in [9.17, 15) is 0 Å². The third kappa shape index (κ3) is 26.5. The third-order valence-corrected chi connectivity index (χ3v) is 0. The molecule has 0 aromatic heterocycles. The van der Waals surface area contributed by atoms with Crippen LogP contribution in [0, 0.1) is 0 Å². The molecule has 0 aromatic rings. The molecule has 6 heteroatoms. The van der Waals surface area contributed by atoms with Gasteiger partial charge in [-0.25, -0.2) is 0 Å². The molecule has 0 aromatic carbocycles. The van der Waals surface area contributed by atoms with E-state index in [0.717, 1.165) is 0 Å². The Kier molecular flexibility index (Phi) is 90.7. The Labute approximate surface area is 96.9 Å². The zero-order valence-corrected chi connectivity index (χ0v) is 11.6. The molecule has 0 aliphatic heterocycles. The molecule has 0 heterocycles. The second kappa shape index (κ2) is 23.9. The van der Waals surface area contributed by atoms with Crippen LogP contribution in [0.4, 0.5) is 0 Å². The van der Waals surface area contributed by atoms with Crippen molar-refractivity contribution in [3.8, 4) is 0 Å². The first-order valence-corrected chi connectivity index (χ1v) is 4.60. The van der Waals surface area contributed by atoms with E-state index in [1.807, 2.05) is 18.5 Å². The van der Waals surface area contributed by atoms with E-state index in [-0.39, 0.29) is 60.0 Å². The Balaban J connectivity index is -0.00000000667. The van der Waals surface area contributed by atoms with Gasteiger partial charge in [0.05, 0.1) is 0 Å². The van der Waals surface area contributed by atoms with Gasteiger partial charge in [-0.1, -0.05) is 0 Å². The molecule has 0 amide bonds. The van der Waals surface area contributed by atoms with Crippen molar-refractivity contribution in [1.29, 1.82) is 0 Å². The first-order chi connectivity index (χ1) is 1.41. The summed E-state index contributed by atoms with van der Waals surface area (Å²) in [6.07, 6.45) is 0. The van der Waals surface area contributed by atoms with Gasteiger partial charge in [0.15, 0.2) is 0 Å². The van der Waals surface area contributed by atoms with E-state index < -0.39 is 0 Å². The van der Waals surface area contributed by atoms with Crippen LogP contribution in [-0.4, -0.2) is 0 Å².